The summed E-state index contributed by atoms with van der Waals surface area (Å²) < 4.78 is 0. The molecule has 0 radical (unpaired) electrons. The molecule has 0 bridgehead atoms. The van der Waals surface area contributed by atoms with E-state index in [1.807, 2.05) is 11.0 Å². The zero-order valence-electron chi connectivity index (χ0n) is 13.2. The maximum absolute atomic E-state index is 10.9. The SMILES string of the molecule is O=CN1CCN(/C(=N/C2CCCCC2)c2ccccc2)CC1. The summed E-state index contributed by atoms with van der Waals surface area (Å²) in [5, 5.41) is 0. The molecule has 1 aromatic rings. The number of hydrogen-bond acceptors (Lipinski definition) is 2. The molecule has 1 saturated carbocycles. The number of aliphatic imine (C=N–C) groups is 1. The summed E-state index contributed by atoms with van der Waals surface area (Å²) in [5.41, 5.74) is 1.20. The highest BCUT2D eigenvalue weighted by atomic mass is 16.1. The van der Waals surface area contributed by atoms with Gasteiger partial charge in [-0.2, -0.15) is 0 Å². The van der Waals surface area contributed by atoms with Crippen LogP contribution in [0.4, 0.5) is 0 Å². The molecule has 1 saturated heterocycles. The normalized spacial score (nSPS) is 21.0. The number of benzene rings is 1. The molecule has 1 amide bonds. The number of carbonyl (C=O) groups excluding carboxylic acids is 1. The molecule has 3 rings (SSSR count). The van der Waals surface area contributed by atoms with Gasteiger partial charge in [0.25, 0.3) is 0 Å². The molecule has 118 valence electrons. The van der Waals surface area contributed by atoms with Crippen molar-refractivity contribution in [2.45, 2.75) is 38.1 Å². The summed E-state index contributed by atoms with van der Waals surface area (Å²) in [7, 11) is 0. The van der Waals surface area contributed by atoms with E-state index in [1.54, 1.807) is 0 Å². The molecule has 22 heavy (non-hydrogen) atoms. The van der Waals surface area contributed by atoms with Gasteiger partial charge in [-0.25, -0.2) is 0 Å². The molecule has 2 aliphatic rings. The molecule has 1 aromatic carbocycles. The van der Waals surface area contributed by atoms with Gasteiger partial charge in [0.1, 0.15) is 5.84 Å². The maximum Gasteiger partial charge on any atom is 0.209 e. The third-order valence-electron chi connectivity index (χ3n) is 4.67. The van der Waals surface area contributed by atoms with E-state index in [4.69, 9.17) is 4.99 Å². The summed E-state index contributed by atoms with van der Waals surface area (Å²) >= 11 is 0. The zero-order chi connectivity index (χ0) is 15.2. The number of nitrogens with zero attached hydrogens (tertiary/aromatic N) is 3. The molecule has 2 fully saturated rings. The number of amides is 1. The van der Waals surface area contributed by atoms with E-state index in [2.05, 4.69) is 29.2 Å². The number of carbonyl (C=O) groups is 1. The summed E-state index contributed by atoms with van der Waals surface area (Å²) in [6.07, 6.45) is 7.34. The minimum Gasteiger partial charge on any atom is -0.353 e. The van der Waals surface area contributed by atoms with E-state index in [-0.39, 0.29) is 0 Å². The van der Waals surface area contributed by atoms with Crippen LogP contribution in [0.25, 0.3) is 0 Å². The van der Waals surface area contributed by atoms with Crippen molar-refractivity contribution in [2.24, 2.45) is 4.99 Å². The first kappa shape index (κ1) is 15.1. The van der Waals surface area contributed by atoms with Gasteiger partial charge < -0.3 is 9.80 Å². The van der Waals surface area contributed by atoms with Crippen LogP contribution in [-0.2, 0) is 4.79 Å². The first-order chi connectivity index (χ1) is 10.9. The van der Waals surface area contributed by atoms with Crippen LogP contribution in [0.1, 0.15) is 37.7 Å². The lowest BCUT2D eigenvalue weighted by Crippen LogP contribution is -2.48. The Labute approximate surface area is 132 Å². The second-order valence-corrected chi connectivity index (χ2v) is 6.24. The largest absolute Gasteiger partial charge is 0.353 e. The summed E-state index contributed by atoms with van der Waals surface area (Å²) in [6.45, 7) is 3.33. The van der Waals surface area contributed by atoms with Crippen LogP contribution < -0.4 is 0 Å². The molecule has 0 spiro atoms. The van der Waals surface area contributed by atoms with Crippen LogP contribution in [0.2, 0.25) is 0 Å². The number of piperazine rings is 1. The first-order valence-electron chi connectivity index (χ1n) is 8.44. The van der Waals surface area contributed by atoms with Crippen molar-refractivity contribution in [3.8, 4) is 0 Å². The predicted molar refractivity (Wildman–Crippen MR) is 89.1 cm³/mol. The fraction of sp³-hybridized carbons (Fsp3) is 0.556. The van der Waals surface area contributed by atoms with Crippen molar-refractivity contribution in [1.82, 2.24) is 9.80 Å². The van der Waals surface area contributed by atoms with E-state index >= 15 is 0 Å². The van der Waals surface area contributed by atoms with Crippen molar-refractivity contribution in [3.05, 3.63) is 35.9 Å². The average molecular weight is 299 g/mol. The van der Waals surface area contributed by atoms with Gasteiger partial charge in [0.05, 0.1) is 6.04 Å². The van der Waals surface area contributed by atoms with Gasteiger partial charge in [-0.3, -0.25) is 9.79 Å². The Hall–Kier alpha value is -1.84. The van der Waals surface area contributed by atoms with Crippen molar-refractivity contribution in [3.63, 3.8) is 0 Å². The molecule has 4 nitrogen and oxygen atoms in total. The Kier molecular flexibility index (Phi) is 5.09. The quantitative estimate of drug-likeness (QED) is 0.488. The minimum absolute atomic E-state index is 0.466. The van der Waals surface area contributed by atoms with Crippen LogP contribution in [0.15, 0.2) is 35.3 Å². The van der Waals surface area contributed by atoms with Crippen LogP contribution in [0.5, 0.6) is 0 Å². The minimum atomic E-state index is 0.466. The van der Waals surface area contributed by atoms with Crippen molar-refractivity contribution in [2.75, 3.05) is 26.2 Å². The lowest BCUT2D eigenvalue weighted by Gasteiger charge is -2.35. The van der Waals surface area contributed by atoms with Gasteiger partial charge in [-0.1, -0.05) is 49.6 Å². The highest BCUT2D eigenvalue weighted by molar-refractivity contribution is 5.99. The molecule has 4 heteroatoms. The van der Waals surface area contributed by atoms with Gasteiger partial charge >= 0.3 is 0 Å². The van der Waals surface area contributed by atoms with Crippen LogP contribution in [0, 0.1) is 0 Å². The third kappa shape index (κ3) is 3.67. The molecule has 1 aliphatic carbocycles. The fourth-order valence-corrected chi connectivity index (χ4v) is 3.35. The Morgan fingerprint density at radius 2 is 1.68 bits per heavy atom. The summed E-state index contributed by atoms with van der Waals surface area (Å²) in [5.74, 6) is 1.12. The van der Waals surface area contributed by atoms with Crippen molar-refractivity contribution in [1.29, 1.82) is 0 Å². The van der Waals surface area contributed by atoms with Gasteiger partial charge in [0.15, 0.2) is 0 Å². The highest BCUT2D eigenvalue weighted by Crippen LogP contribution is 2.22. The molecular formula is C18H25N3O. The molecule has 1 heterocycles. The Morgan fingerprint density at radius 1 is 1.00 bits per heavy atom. The molecule has 0 aromatic heterocycles. The Morgan fingerprint density at radius 3 is 2.32 bits per heavy atom. The zero-order valence-corrected chi connectivity index (χ0v) is 13.2. The van der Waals surface area contributed by atoms with Crippen molar-refractivity contribution < 1.29 is 4.79 Å². The van der Waals surface area contributed by atoms with E-state index in [9.17, 15) is 4.79 Å². The predicted octanol–water partition coefficient (Wildman–Crippen LogP) is 2.54. The van der Waals surface area contributed by atoms with E-state index in [1.165, 1.54) is 37.7 Å². The number of amidine groups is 1. The van der Waals surface area contributed by atoms with Crippen molar-refractivity contribution >= 4 is 12.2 Å². The number of hydrogen-bond donors (Lipinski definition) is 0. The first-order valence-corrected chi connectivity index (χ1v) is 8.44. The van der Waals surface area contributed by atoms with E-state index < -0.39 is 0 Å². The molecule has 0 atom stereocenters. The average Bonchev–Trinajstić information content (AvgIpc) is 2.61. The van der Waals surface area contributed by atoms with Crippen LogP contribution in [-0.4, -0.2) is 54.3 Å². The fourth-order valence-electron chi connectivity index (χ4n) is 3.35. The summed E-state index contributed by atoms with van der Waals surface area (Å²) in [4.78, 5) is 20.2. The third-order valence-corrected chi connectivity index (χ3v) is 4.67. The monoisotopic (exact) mass is 299 g/mol. The van der Waals surface area contributed by atoms with Gasteiger partial charge in [-0.15, -0.1) is 0 Å². The lowest BCUT2D eigenvalue weighted by atomic mass is 9.96. The van der Waals surface area contributed by atoms with Gasteiger partial charge in [0, 0.05) is 31.7 Å². The van der Waals surface area contributed by atoms with E-state index in [0.29, 0.717) is 6.04 Å². The highest BCUT2D eigenvalue weighted by Gasteiger charge is 2.22. The van der Waals surface area contributed by atoms with Gasteiger partial charge in [-0.05, 0) is 12.8 Å². The van der Waals surface area contributed by atoms with Gasteiger partial charge in [0.2, 0.25) is 6.41 Å². The Bertz CT molecular complexity index is 500. The smallest absolute Gasteiger partial charge is 0.209 e. The van der Waals surface area contributed by atoms with Crippen LogP contribution >= 0.6 is 0 Å². The Balaban J connectivity index is 1.80. The second kappa shape index (κ2) is 7.43. The topological polar surface area (TPSA) is 35.9 Å². The van der Waals surface area contributed by atoms with Crippen LogP contribution in [0.3, 0.4) is 0 Å². The maximum atomic E-state index is 10.9. The lowest BCUT2D eigenvalue weighted by molar-refractivity contribution is -0.119. The molecule has 0 N–H and O–H groups in total. The second-order valence-electron chi connectivity index (χ2n) is 6.24. The van der Waals surface area contributed by atoms with E-state index in [0.717, 1.165) is 38.4 Å². The summed E-state index contributed by atoms with van der Waals surface area (Å²) in [6, 6.07) is 11.0. The molecule has 1 aliphatic heterocycles. The molecular weight excluding hydrogens is 274 g/mol. The number of rotatable bonds is 3. The molecule has 0 unspecified atom stereocenters. The standard InChI is InChI=1S/C18H25N3O/c22-15-20-11-13-21(14-12-20)18(16-7-3-1-4-8-16)19-17-9-5-2-6-10-17/h1,3-4,7-8,15,17H,2,5-6,9-14H2/b19-18+.